The Balaban J connectivity index is 1.84. The van der Waals surface area contributed by atoms with Gasteiger partial charge in [-0.15, -0.1) is 0 Å². The minimum atomic E-state index is -0.273. The average molecular weight is 303 g/mol. The second kappa shape index (κ2) is 7.06. The number of hydrogen-bond acceptors (Lipinski definition) is 6. The van der Waals surface area contributed by atoms with Gasteiger partial charge in [-0.2, -0.15) is 4.98 Å². The molecule has 0 N–H and O–H groups in total. The lowest BCUT2D eigenvalue weighted by Crippen LogP contribution is -2.17. The van der Waals surface area contributed by atoms with Gasteiger partial charge in [0.25, 0.3) is 11.8 Å². The number of nitrogens with zero attached hydrogens (tertiary/aromatic N) is 3. The number of aromatic nitrogens is 2. The van der Waals surface area contributed by atoms with E-state index in [9.17, 15) is 4.79 Å². The fourth-order valence-electron chi connectivity index (χ4n) is 1.92. The first kappa shape index (κ1) is 16.0. The van der Waals surface area contributed by atoms with Crippen molar-refractivity contribution in [1.29, 1.82) is 0 Å². The monoisotopic (exact) mass is 303 g/mol. The first-order valence-corrected chi connectivity index (χ1v) is 7.18. The van der Waals surface area contributed by atoms with E-state index in [2.05, 4.69) is 10.1 Å². The molecule has 1 atom stereocenters. The van der Waals surface area contributed by atoms with Gasteiger partial charge < -0.3 is 14.2 Å². The molecule has 0 aliphatic rings. The molecule has 118 valence electrons. The van der Waals surface area contributed by atoms with Gasteiger partial charge in [-0.05, 0) is 24.1 Å². The molecule has 2 aromatic rings. The fourth-order valence-corrected chi connectivity index (χ4v) is 1.92. The number of hydrogen-bond donors (Lipinski definition) is 0. The smallest absolute Gasteiger partial charge is 0.309 e. The van der Waals surface area contributed by atoms with E-state index in [4.69, 9.17) is 9.26 Å². The average Bonchev–Trinajstić information content (AvgIpc) is 2.96. The van der Waals surface area contributed by atoms with E-state index in [0.717, 1.165) is 5.56 Å². The Morgan fingerprint density at radius 3 is 2.59 bits per heavy atom. The summed E-state index contributed by atoms with van der Waals surface area (Å²) in [5, 5.41) is 3.76. The summed E-state index contributed by atoms with van der Waals surface area (Å²) in [7, 11) is 3.62. The molecule has 1 aromatic heterocycles. The van der Waals surface area contributed by atoms with E-state index in [1.807, 2.05) is 52.2 Å². The lowest BCUT2D eigenvalue weighted by atomic mass is 10.0. The summed E-state index contributed by atoms with van der Waals surface area (Å²) in [5.74, 6) is 0.252. The number of carbonyl (C=O) groups is 1. The normalized spacial score (nSPS) is 12.0. The molecule has 0 radical (unpaired) electrons. The molecule has 0 spiro atoms. The molecule has 1 aromatic carbocycles. The van der Waals surface area contributed by atoms with Gasteiger partial charge in [0.05, 0.1) is 5.92 Å². The molecule has 0 fully saturated rings. The van der Waals surface area contributed by atoms with Crippen molar-refractivity contribution in [2.75, 3.05) is 19.0 Å². The fraction of sp³-hybridized carbons (Fsp3) is 0.438. The van der Waals surface area contributed by atoms with Crippen LogP contribution in [0.15, 0.2) is 28.8 Å². The van der Waals surface area contributed by atoms with E-state index in [0.29, 0.717) is 18.3 Å². The largest absolute Gasteiger partial charge is 0.455 e. The van der Waals surface area contributed by atoms with Gasteiger partial charge in [-0.3, -0.25) is 4.79 Å². The van der Waals surface area contributed by atoms with Crippen LogP contribution in [0.2, 0.25) is 0 Å². The number of benzene rings is 1. The molecule has 0 aliphatic heterocycles. The predicted molar refractivity (Wildman–Crippen MR) is 82.5 cm³/mol. The lowest BCUT2D eigenvalue weighted by Gasteiger charge is -2.10. The Morgan fingerprint density at radius 1 is 1.32 bits per heavy atom. The van der Waals surface area contributed by atoms with Crippen molar-refractivity contribution in [2.24, 2.45) is 5.92 Å². The third kappa shape index (κ3) is 4.31. The quantitative estimate of drug-likeness (QED) is 0.763. The van der Waals surface area contributed by atoms with Crippen LogP contribution < -0.4 is 4.90 Å². The lowest BCUT2D eigenvalue weighted by molar-refractivity contribution is -0.150. The Kier molecular flexibility index (Phi) is 5.14. The molecular weight excluding hydrogens is 282 g/mol. The number of carbonyl (C=O) groups excluding carboxylic acids is 1. The summed E-state index contributed by atoms with van der Waals surface area (Å²) in [6, 6.07) is 8.13. The molecular formula is C16H21N3O3. The van der Waals surface area contributed by atoms with Gasteiger partial charge in [0.15, 0.2) is 6.61 Å². The Hall–Kier alpha value is -2.37. The van der Waals surface area contributed by atoms with Gasteiger partial charge in [0.1, 0.15) is 0 Å². The van der Waals surface area contributed by atoms with Crippen molar-refractivity contribution < 1.29 is 14.1 Å². The molecule has 6 nitrogen and oxygen atoms in total. The highest BCUT2D eigenvalue weighted by atomic mass is 16.6. The molecule has 1 heterocycles. The van der Waals surface area contributed by atoms with Crippen LogP contribution in [0.3, 0.4) is 0 Å². The maximum Gasteiger partial charge on any atom is 0.309 e. The molecule has 6 heteroatoms. The summed E-state index contributed by atoms with van der Waals surface area (Å²) >= 11 is 0. The van der Waals surface area contributed by atoms with Gasteiger partial charge in [-0.1, -0.05) is 36.8 Å². The van der Waals surface area contributed by atoms with Crippen LogP contribution >= 0.6 is 0 Å². The maximum atomic E-state index is 12.0. The van der Waals surface area contributed by atoms with Crippen molar-refractivity contribution in [2.45, 2.75) is 26.9 Å². The zero-order chi connectivity index (χ0) is 16.1. The van der Waals surface area contributed by atoms with Crippen LogP contribution in [-0.4, -0.2) is 30.2 Å². The van der Waals surface area contributed by atoms with Crippen LogP contribution in [0.1, 0.15) is 23.9 Å². The molecule has 0 bridgehead atoms. The van der Waals surface area contributed by atoms with Crippen LogP contribution in [0.25, 0.3) is 0 Å². The summed E-state index contributed by atoms with van der Waals surface area (Å²) in [6.07, 6.45) is 0.645. The topological polar surface area (TPSA) is 68.5 Å². The molecule has 0 saturated heterocycles. The van der Waals surface area contributed by atoms with Crippen molar-refractivity contribution >= 4 is 11.9 Å². The first-order valence-electron chi connectivity index (χ1n) is 7.18. The Labute approximate surface area is 130 Å². The zero-order valence-electron chi connectivity index (χ0n) is 13.4. The highest BCUT2D eigenvalue weighted by Crippen LogP contribution is 2.13. The molecule has 0 saturated carbocycles. The molecule has 2 rings (SSSR count). The summed E-state index contributed by atoms with van der Waals surface area (Å²) < 4.78 is 10.2. The highest BCUT2D eigenvalue weighted by molar-refractivity contribution is 5.72. The summed E-state index contributed by atoms with van der Waals surface area (Å²) in [4.78, 5) is 17.8. The molecule has 22 heavy (non-hydrogen) atoms. The van der Waals surface area contributed by atoms with Crippen LogP contribution in [0.4, 0.5) is 5.95 Å². The number of ether oxygens (including phenoxy) is 1. The maximum absolute atomic E-state index is 12.0. The van der Waals surface area contributed by atoms with Crippen LogP contribution in [0, 0.1) is 12.8 Å². The van der Waals surface area contributed by atoms with E-state index in [-0.39, 0.29) is 18.5 Å². The van der Waals surface area contributed by atoms with Gasteiger partial charge in [-0.25, -0.2) is 0 Å². The number of rotatable bonds is 6. The minimum absolute atomic E-state index is 0.00207. The zero-order valence-corrected chi connectivity index (χ0v) is 13.4. The highest BCUT2D eigenvalue weighted by Gasteiger charge is 2.17. The first-order chi connectivity index (χ1) is 10.5. The van der Waals surface area contributed by atoms with Crippen molar-refractivity contribution in [3.05, 3.63) is 41.3 Å². The number of anilines is 1. The molecule has 0 amide bonds. The second-order valence-electron chi connectivity index (χ2n) is 5.58. The second-order valence-corrected chi connectivity index (χ2v) is 5.58. The standard InChI is InChI=1S/C16H21N3O3/c1-11-5-7-13(8-6-11)9-12(2)15(20)21-10-14-17-16(18-22-14)19(3)4/h5-8,12H,9-10H2,1-4H3/t12-/m0/s1. The van der Waals surface area contributed by atoms with Crippen LogP contribution in [0.5, 0.6) is 0 Å². The SMILES string of the molecule is Cc1ccc(C[C@H](C)C(=O)OCc2nc(N(C)C)no2)cc1. The van der Waals surface area contributed by atoms with Gasteiger partial charge >= 0.3 is 5.97 Å². The number of esters is 1. The number of aryl methyl sites for hydroxylation is 1. The van der Waals surface area contributed by atoms with Gasteiger partial charge in [0, 0.05) is 14.1 Å². The van der Waals surface area contributed by atoms with Gasteiger partial charge in [0.2, 0.25) is 0 Å². The predicted octanol–water partition coefficient (Wildman–Crippen LogP) is 2.37. The summed E-state index contributed by atoms with van der Waals surface area (Å²) in [5.41, 5.74) is 2.31. The minimum Gasteiger partial charge on any atom is -0.455 e. The molecule has 0 aliphatic carbocycles. The van der Waals surface area contributed by atoms with Crippen molar-refractivity contribution in [1.82, 2.24) is 10.1 Å². The van der Waals surface area contributed by atoms with E-state index >= 15 is 0 Å². The Morgan fingerprint density at radius 2 is 2.00 bits per heavy atom. The summed E-state index contributed by atoms with van der Waals surface area (Å²) in [6.45, 7) is 3.88. The van der Waals surface area contributed by atoms with Crippen LogP contribution in [-0.2, 0) is 22.6 Å². The van der Waals surface area contributed by atoms with E-state index in [1.165, 1.54) is 5.56 Å². The Bertz CT molecular complexity index is 620. The third-order valence-corrected chi connectivity index (χ3v) is 3.26. The van der Waals surface area contributed by atoms with E-state index < -0.39 is 0 Å². The van der Waals surface area contributed by atoms with Crippen molar-refractivity contribution in [3.63, 3.8) is 0 Å². The van der Waals surface area contributed by atoms with E-state index in [1.54, 1.807) is 4.90 Å². The third-order valence-electron chi connectivity index (χ3n) is 3.26. The molecule has 0 unspecified atom stereocenters. The van der Waals surface area contributed by atoms with Crippen molar-refractivity contribution in [3.8, 4) is 0 Å².